The van der Waals surface area contributed by atoms with Crippen LogP contribution < -0.4 is 21.1 Å². The molecule has 1 aromatic carbocycles. The van der Waals surface area contributed by atoms with Gasteiger partial charge in [0.05, 0.1) is 18.8 Å². The summed E-state index contributed by atoms with van der Waals surface area (Å²) in [6.45, 7) is 4.85. The summed E-state index contributed by atoms with van der Waals surface area (Å²) in [5.74, 6) is -1.92. The predicted molar refractivity (Wildman–Crippen MR) is 134 cm³/mol. The van der Waals surface area contributed by atoms with Crippen molar-refractivity contribution in [2.45, 2.75) is 38.8 Å². The number of benzene rings is 1. The molecule has 36 heavy (non-hydrogen) atoms. The van der Waals surface area contributed by atoms with Crippen LogP contribution in [0.3, 0.4) is 0 Å². The number of aromatic nitrogens is 5. The standard InChI is InChI=1S/C25H26F2N8O/c1-15(2)34-23(36)20-12-30-24(31-18-4-3-16-5-7-28-11-17(16)9-18)32-22(20)35(34)19-6-8-29-21(10-19)33-13-25(26,27)14-33/h3-4,6,8-10,12,15,28H,5,7,11,13-14H2,1-2H3,(H,30,31,32). The lowest BCUT2D eigenvalue weighted by Crippen LogP contribution is -2.56. The number of hydrogen-bond acceptors (Lipinski definition) is 7. The van der Waals surface area contributed by atoms with Crippen LogP contribution in [0.25, 0.3) is 16.7 Å². The quantitative estimate of drug-likeness (QED) is 0.441. The van der Waals surface area contributed by atoms with Crippen molar-refractivity contribution in [3.63, 3.8) is 0 Å². The summed E-state index contributed by atoms with van der Waals surface area (Å²) < 4.78 is 30.2. The molecule has 0 aliphatic carbocycles. The molecule has 0 bridgehead atoms. The minimum absolute atomic E-state index is 0.179. The number of nitrogens with zero attached hydrogens (tertiary/aromatic N) is 6. The van der Waals surface area contributed by atoms with Crippen LogP contribution in [-0.4, -0.2) is 49.9 Å². The summed E-state index contributed by atoms with van der Waals surface area (Å²) in [7, 11) is 0. The molecule has 0 amide bonds. The van der Waals surface area contributed by atoms with E-state index in [0.29, 0.717) is 28.5 Å². The zero-order chi connectivity index (χ0) is 25.0. The monoisotopic (exact) mass is 492 g/mol. The highest BCUT2D eigenvalue weighted by Gasteiger charge is 2.44. The zero-order valence-corrected chi connectivity index (χ0v) is 20.0. The van der Waals surface area contributed by atoms with Crippen LogP contribution in [0.5, 0.6) is 0 Å². The number of nitrogens with one attached hydrogen (secondary N) is 2. The second-order valence-corrected chi connectivity index (χ2v) is 9.61. The van der Waals surface area contributed by atoms with E-state index in [-0.39, 0.29) is 24.7 Å². The van der Waals surface area contributed by atoms with E-state index in [2.05, 4.69) is 32.7 Å². The van der Waals surface area contributed by atoms with E-state index in [4.69, 9.17) is 4.98 Å². The molecular formula is C25H26F2N8O. The first-order valence-corrected chi connectivity index (χ1v) is 12.0. The lowest BCUT2D eigenvalue weighted by atomic mass is 10.0. The van der Waals surface area contributed by atoms with Crippen molar-refractivity contribution in [2.24, 2.45) is 0 Å². The molecule has 9 nitrogen and oxygen atoms in total. The second-order valence-electron chi connectivity index (χ2n) is 9.61. The SMILES string of the molecule is CC(C)n1c(=O)c2cnc(Nc3ccc4c(c3)CNCC4)nc2n1-c1ccnc(N2CC(F)(F)C2)c1. The van der Waals surface area contributed by atoms with Crippen molar-refractivity contribution >= 4 is 28.5 Å². The van der Waals surface area contributed by atoms with E-state index < -0.39 is 5.92 Å². The Morgan fingerprint density at radius 3 is 2.72 bits per heavy atom. The minimum Gasteiger partial charge on any atom is -0.344 e. The number of alkyl halides is 2. The molecule has 0 atom stereocenters. The molecule has 186 valence electrons. The highest BCUT2D eigenvalue weighted by atomic mass is 19.3. The van der Waals surface area contributed by atoms with Crippen LogP contribution in [0.1, 0.15) is 31.0 Å². The molecule has 1 fully saturated rings. The molecular weight excluding hydrogens is 466 g/mol. The van der Waals surface area contributed by atoms with Crippen molar-refractivity contribution in [2.75, 3.05) is 29.9 Å². The number of hydrogen-bond donors (Lipinski definition) is 2. The van der Waals surface area contributed by atoms with Gasteiger partial charge >= 0.3 is 0 Å². The maximum absolute atomic E-state index is 13.4. The Morgan fingerprint density at radius 2 is 1.94 bits per heavy atom. The first-order valence-electron chi connectivity index (χ1n) is 12.0. The molecule has 0 spiro atoms. The highest BCUT2D eigenvalue weighted by Crippen LogP contribution is 2.32. The normalized spacial score (nSPS) is 16.8. The molecule has 3 aromatic heterocycles. The van der Waals surface area contributed by atoms with Gasteiger partial charge in [-0.3, -0.25) is 4.79 Å². The maximum Gasteiger partial charge on any atom is 0.282 e. The van der Waals surface area contributed by atoms with Crippen LogP contribution in [0.2, 0.25) is 0 Å². The molecule has 2 aliphatic rings. The van der Waals surface area contributed by atoms with Gasteiger partial charge in [-0.2, -0.15) is 4.98 Å². The zero-order valence-electron chi connectivity index (χ0n) is 20.0. The van der Waals surface area contributed by atoms with Crippen LogP contribution >= 0.6 is 0 Å². The average Bonchev–Trinajstić information content (AvgIpc) is 3.14. The van der Waals surface area contributed by atoms with Crippen LogP contribution in [-0.2, 0) is 13.0 Å². The summed E-state index contributed by atoms with van der Waals surface area (Å²) in [6, 6.07) is 9.46. The Bertz CT molecular complexity index is 1520. The Labute approximate surface area is 205 Å². The van der Waals surface area contributed by atoms with Crippen LogP contribution in [0, 0.1) is 0 Å². The Kier molecular flexibility index (Phi) is 5.25. The highest BCUT2D eigenvalue weighted by molar-refractivity contribution is 5.77. The number of rotatable bonds is 5. The molecule has 0 saturated carbocycles. The fourth-order valence-electron chi connectivity index (χ4n) is 4.85. The van der Waals surface area contributed by atoms with Crippen LogP contribution in [0.4, 0.5) is 26.2 Å². The van der Waals surface area contributed by atoms with Gasteiger partial charge in [0.15, 0.2) is 5.65 Å². The summed E-state index contributed by atoms with van der Waals surface area (Å²) in [5, 5.41) is 7.01. The van der Waals surface area contributed by atoms with Gasteiger partial charge in [-0.1, -0.05) is 6.07 Å². The van der Waals surface area contributed by atoms with Crippen molar-refractivity contribution in [1.82, 2.24) is 29.6 Å². The topological polar surface area (TPSA) is 92.9 Å². The molecule has 4 aromatic rings. The van der Waals surface area contributed by atoms with Gasteiger partial charge in [-0.25, -0.2) is 28.1 Å². The summed E-state index contributed by atoms with van der Waals surface area (Å²) in [5.41, 5.74) is 4.24. The van der Waals surface area contributed by atoms with E-state index in [1.54, 1.807) is 27.7 Å². The van der Waals surface area contributed by atoms with Gasteiger partial charge in [-0.05, 0) is 56.1 Å². The summed E-state index contributed by atoms with van der Waals surface area (Å²) >= 11 is 0. The number of anilines is 3. The molecule has 0 unspecified atom stereocenters. The van der Waals surface area contributed by atoms with E-state index in [1.807, 2.05) is 19.9 Å². The minimum atomic E-state index is -2.71. The molecule has 2 N–H and O–H groups in total. The first-order chi connectivity index (χ1) is 17.3. The first kappa shape index (κ1) is 22.6. The Balaban J connectivity index is 1.42. The largest absolute Gasteiger partial charge is 0.344 e. The van der Waals surface area contributed by atoms with Crippen molar-refractivity contribution in [3.8, 4) is 5.69 Å². The van der Waals surface area contributed by atoms with Crippen molar-refractivity contribution < 1.29 is 8.78 Å². The number of halogens is 2. The molecule has 2 aliphatic heterocycles. The number of fused-ring (bicyclic) bond motifs is 2. The third-order valence-corrected chi connectivity index (χ3v) is 6.60. The maximum atomic E-state index is 13.4. The Morgan fingerprint density at radius 1 is 1.11 bits per heavy atom. The fraction of sp³-hybridized carbons (Fsp3) is 0.360. The van der Waals surface area contributed by atoms with Crippen molar-refractivity contribution in [1.29, 1.82) is 0 Å². The Hall–Kier alpha value is -3.86. The summed E-state index contributed by atoms with van der Waals surface area (Å²) in [4.78, 5) is 28.2. The number of pyridine rings is 1. The van der Waals surface area contributed by atoms with Gasteiger partial charge in [0.1, 0.15) is 11.2 Å². The lowest BCUT2D eigenvalue weighted by Gasteiger charge is -2.39. The van der Waals surface area contributed by atoms with E-state index in [9.17, 15) is 13.6 Å². The second kappa shape index (κ2) is 8.37. The van der Waals surface area contributed by atoms with Gasteiger partial charge in [0, 0.05) is 36.7 Å². The molecule has 5 heterocycles. The average molecular weight is 493 g/mol. The van der Waals surface area contributed by atoms with Gasteiger partial charge in [-0.15, -0.1) is 0 Å². The lowest BCUT2D eigenvalue weighted by molar-refractivity contribution is -0.0267. The third-order valence-electron chi connectivity index (χ3n) is 6.60. The smallest absolute Gasteiger partial charge is 0.282 e. The summed E-state index contributed by atoms with van der Waals surface area (Å²) in [6.07, 6.45) is 4.08. The van der Waals surface area contributed by atoms with Gasteiger partial charge in [0.25, 0.3) is 11.5 Å². The molecule has 1 saturated heterocycles. The predicted octanol–water partition coefficient (Wildman–Crippen LogP) is 3.40. The van der Waals surface area contributed by atoms with Gasteiger partial charge < -0.3 is 15.5 Å². The molecule has 0 radical (unpaired) electrons. The van der Waals surface area contributed by atoms with Crippen LogP contribution in [0.15, 0.2) is 47.5 Å². The van der Waals surface area contributed by atoms with E-state index in [1.165, 1.54) is 22.2 Å². The van der Waals surface area contributed by atoms with E-state index in [0.717, 1.165) is 25.2 Å². The van der Waals surface area contributed by atoms with Gasteiger partial charge in [0.2, 0.25) is 5.95 Å². The van der Waals surface area contributed by atoms with E-state index >= 15 is 0 Å². The fourth-order valence-corrected chi connectivity index (χ4v) is 4.85. The third kappa shape index (κ3) is 3.89. The molecule has 6 rings (SSSR count). The molecule has 11 heteroatoms. The van der Waals surface area contributed by atoms with Crippen molar-refractivity contribution in [3.05, 3.63) is 64.2 Å².